The van der Waals surface area contributed by atoms with E-state index in [1.807, 2.05) is 0 Å². The minimum atomic E-state index is -0.746. The third-order valence-electron chi connectivity index (χ3n) is 4.29. The maximum atomic E-state index is 13.0. The number of halogens is 2. The Kier molecular flexibility index (Phi) is 6.05. The molecule has 2 heterocycles. The SMILES string of the molecule is Cl.NC(=O)c1ccc(NC(=O)C2(n3cccn3)CCNCC2)cc1Cl. The molecule has 0 saturated carbocycles. The number of nitrogens with one attached hydrogen (secondary N) is 2. The van der Waals surface area contributed by atoms with Crippen LogP contribution in [-0.2, 0) is 10.3 Å². The highest BCUT2D eigenvalue weighted by atomic mass is 35.5. The standard InChI is InChI=1S/C16H18ClN5O2.ClH/c17-13-10-11(2-3-12(13)14(18)23)21-15(24)16(4-7-19-8-5-16)22-9-1-6-20-22;/h1-3,6,9-10,19H,4-5,7-8H2,(H2,18,23)(H,21,24);1H. The Labute approximate surface area is 156 Å². The van der Waals surface area contributed by atoms with Gasteiger partial charge < -0.3 is 16.4 Å². The fourth-order valence-corrected chi connectivity index (χ4v) is 3.24. The Hall–Kier alpha value is -2.09. The van der Waals surface area contributed by atoms with Gasteiger partial charge in [0.15, 0.2) is 0 Å². The van der Waals surface area contributed by atoms with Gasteiger partial charge in [-0.2, -0.15) is 5.10 Å². The highest BCUT2D eigenvalue weighted by Crippen LogP contribution is 2.29. The summed E-state index contributed by atoms with van der Waals surface area (Å²) in [6.07, 6.45) is 4.73. The van der Waals surface area contributed by atoms with Gasteiger partial charge in [-0.25, -0.2) is 0 Å². The van der Waals surface area contributed by atoms with Gasteiger partial charge in [0, 0.05) is 18.1 Å². The maximum absolute atomic E-state index is 13.0. The molecule has 0 spiro atoms. The highest BCUT2D eigenvalue weighted by Gasteiger charge is 2.42. The van der Waals surface area contributed by atoms with E-state index in [-0.39, 0.29) is 28.9 Å². The molecule has 134 valence electrons. The first-order valence-corrected chi connectivity index (χ1v) is 8.02. The number of primary amides is 1. The number of benzene rings is 1. The maximum Gasteiger partial charge on any atom is 0.252 e. The molecule has 0 aliphatic carbocycles. The zero-order chi connectivity index (χ0) is 17.2. The fraction of sp³-hybridized carbons (Fsp3) is 0.312. The number of rotatable bonds is 4. The molecule has 2 aromatic rings. The predicted molar refractivity (Wildman–Crippen MR) is 98.2 cm³/mol. The summed E-state index contributed by atoms with van der Waals surface area (Å²) in [7, 11) is 0. The summed E-state index contributed by atoms with van der Waals surface area (Å²) in [5, 5.41) is 10.6. The molecular weight excluding hydrogens is 365 g/mol. The minimum absolute atomic E-state index is 0. The molecule has 0 unspecified atom stereocenters. The summed E-state index contributed by atoms with van der Waals surface area (Å²) in [5.74, 6) is -0.764. The van der Waals surface area contributed by atoms with Crippen molar-refractivity contribution in [3.8, 4) is 0 Å². The second kappa shape index (κ2) is 7.86. The average Bonchev–Trinajstić information content (AvgIpc) is 3.10. The molecule has 7 nitrogen and oxygen atoms in total. The third-order valence-corrected chi connectivity index (χ3v) is 4.60. The first kappa shape index (κ1) is 19.2. The van der Waals surface area contributed by atoms with Crippen LogP contribution >= 0.6 is 24.0 Å². The molecule has 1 aromatic carbocycles. The number of carbonyl (C=O) groups excluding carboxylic acids is 2. The van der Waals surface area contributed by atoms with E-state index in [4.69, 9.17) is 17.3 Å². The van der Waals surface area contributed by atoms with Crippen LogP contribution in [0.4, 0.5) is 5.69 Å². The molecule has 0 radical (unpaired) electrons. The van der Waals surface area contributed by atoms with Crippen molar-refractivity contribution < 1.29 is 9.59 Å². The first-order valence-electron chi connectivity index (χ1n) is 7.64. The van der Waals surface area contributed by atoms with Crippen molar-refractivity contribution in [2.24, 2.45) is 5.73 Å². The van der Waals surface area contributed by atoms with Crippen molar-refractivity contribution in [1.82, 2.24) is 15.1 Å². The number of amides is 2. The molecule has 1 fully saturated rings. The molecule has 25 heavy (non-hydrogen) atoms. The molecular formula is C16H19Cl2N5O2. The molecule has 1 saturated heterocycles. The average molecular weight is 384 g/mol. The Morgan fingerprint density at radius 1 is 1.32 bits per heavy atom. The van der Waals surface area contributed by atoms with Crippen LogP contribution in [0, 0.1) is 0 Å². The molecule has 0 bridgehead atoms. The van der Waals surface area contributed by atoms with Crippen molar-refractivity contribution >= 4 is 41.5 Å². The van der Waals surface area contributed by atoms with E-state index < -0.39 is 11.4 Å². The van der Waals surface area contributed by atoms with Crippen molar-refractivity contribution in [2.45, 2.75) is 18.4 Å². The van der Waals surface area contributed by atoms with Crippen molar-refractivity contribution in [1.29, 1.82) is 0 Å². The van der Waals surface area contributed by atoms with Crippen molar-refractivity contribution in [2.75, 3.05) is 18.4 Å². The van der Waals surface area contributed by atoms with Crippen LogP contribution in [0.1, 0.15) is 23.2 Å². The number of nitrogens with zero attached hydrogens (tertiary/aromatic N) is 2. The second-order valence-corrected chi connectivity index (χ2v) is 6.15. The van der Waals surface area contributed by atoms with Crippen molar-refractivity contribution in [3.63, 3.8) is 0 Å². The Bertz CT molecular complexity index is 758. The first-order chi connectivity index (χ1) is 11.5. The van der Waals surface area contributed by atoms with Crippen LogP contribution in [0.3, 0.4) is 0 Å². The summed E-state index contributed by atoms with van der Waals surface area (Å²) in [6, 6.07) is 6.44. The van der Waals surface area contributed by atoms with Gasteiger partial charge in [-0.3, -0.25) is 14.3 Å². The van der Waals surface area contributed by atoms with Gasteiger partial charge in [0.1, 0.15) is 5.54 Å². The lowest BCUT2D eigenvalue weighted by atomic mass is 9.87. The summed E-state index contributed by atoms with van der Waals surface area (Å²) < 4.78 is 1.71. The fourth-order valence-electron chi connectivity index (χ4n) is 2.96. The van der Waals surface area contributed by atoms with E-state index in [0.29, 0.717) is 18.5 Å². The lowest BCUT2D eigenvalue weighted by Gasteiger charge is -2.36. The topological polar surface area (TPSA) is 102 Å². The van der Waals surface area contributed by atoms with E-state index >= 15 is 0 Å². The smallest absolute Gasteiger partial charge is 0.252 e. The number of hydrogen-bond donors (Lipinski definition) is 3. The van der Waals surface area contributed by atoms with Crippen LogP contribution in [-0.4, -0.2) is 34.7 Å². The van der Waals surface area contributed by atoms with Gasteiger partial charge in [0.25, 0.3) is 5.91 Å². The quantitative estimate of drug-likeness (QED) is 0.748. The number of hydrogen-bond acceptors (Lipinski definition) is 4. The normalized spacial score (nSPS) is 15.9. The third kappa shape index (κ3) is 3.78. The second-order valence-electron chi connectivity index (χ2n) is 5.75. The van der Waals surface area contributed by atoms with Gasteiger partial charge in [-0.1, -0.05) is 11.6 Å². The number of carbonyl (C=O) groups is 2. The Morgan fingerprint density at radius 2 is 2.04 bits per heavy atom. The Morgan fingerprint density at radius 3 is 2.60 bits per heavy atom. The summed E-state index contributed by atoms with van der Waals surface area (Å²) in [4.78, 5) is 24.2. The largest absolute Gasteiger partial charge is 0.366 e. The zero-order valence-electron chi connectivity index (χ0n) is 13.4. The van der Waals surface area contributed by atoms with Crippen LogP contribution < -0.4 is 16.4 Å². The summed E-state index contributed by atoms with van der Waals surface area (Å²) >= 11 is 6.05. The van der Waals surface area contributed by atoms with Crippen LogP contribution in [0.15, 0.2) is 36.7 Å². The molecule has 1 aliphatic heterocycles. The molecule has 3 rings (SSSR count). The molecule has 9 heteroatoms. The lowest BCUT2D eigenvalue weighted by Crippen LogP contribution is -2.52. The Balaban J connectivity index is 0.00000225. The monoisotopic (exact) mass is 383 g/mol. The van der Waals surface area contributed by atoms with Crippen LogP contribution in [0.5, 0.6) is 0 Å². The number of piperidine rings is 1. The molecule has 1 aromatic heterocycles. The summed E-state index contributed by atoms with van der Waals surface area (Å²) in [5.41, 5.74) is 5.23. The van der Waals surface area contributed by atoms with Gasteiger partial charge in [-0.05, 0) is 50.2 Å². The van der Waals surface area contributed by atoms with E-state index in [0.717, 1.165) is 13.1 Å². The van der Waals surface area contributed by atoms with Crippen LogP contribution in [0.25, 0.3) is 0 Å². The van der Waals surface area contributed by atoms with Crippen molar-refractivity contribution in [3.05, 3.63) is 47.2 Å². The predicted octanol–water partition coefficient (Wildman–Crippen LogP) is 1.77. The number of nitrogens with two attached hydrogens (primary N) is 1. The highest BCUT2D eigenvalue weighted by molar-refractivity contribution is 6.34. The molecule has 4 N–H and O–H groups in total. The minimum Gasteiger partial charge on any atom is -0.366 e. The van der Waals surface area contributed by atoms with E-state index in [9.17, 15) is 9.59 Å². The van der Waals surface area contributed by atoms with Crippen LogP contribution in [0.2, 0.25) is 5.02 Å². The number of anilines is 1. The van der Waals surface area contributed by atoms with E-state index in [2.05, 4.69) is 15.7 Å². The molecule has 2 amide bonds. The summed E-state index contributed by atoms with van der Waals surface area (Å²) in [6.45, 7) is 1.46. The van der Waals surface area contributed by atoms with E-state index in [1.54, 1.807) is 29.2 Å². The van der Waals surface area contributed by atoms with Gasteiger partial charge in [-0.15, -0.1) is 12.4 Å². The molecule has 0 atom stereocenters. The van der Waals surface area contributed by atoms with Gasteiger partial charge >= 0.3 is 0 Å². The van der Waals surface area contributed by atoms with Gasteiger partial charge in [0.2, 0.25) is 5.91 Å². The number of aromatic nitrogens is 2. The lowest BCUT2D eigenvalue weighted by molar-refractivity contribution is -0.126. The molecule has 1 aliphatic rings. The van der Waals surface area contributed by atoms with Gasteiger partial charge in [0.05, 0.1) is 10.6 Å². The van der Waals surface area contributed by atoms with E-state index in [1.165, 1.54) is 12.1 Å². The zero-order valence-corrected chi connectivity index (χ0v) is 14.9.